The maximum Gasteiger partial charge on any atom is 0.276 e. The summed E-state index contributed by atoms with van der Waals surface area (Å²) >= 11 is 0. The van der Waals surface area contributed by atoms with Gasteiger partial charge in [-0.15, -0.1) is 0 Å². The van der Waals surface area contributed by atoms with Crippen LogP contribution in [0.4, 0.5) is 4.39 Å². The van der Waals surface area contributed by atoms with Crippen molar-refractivity contribution in [2.45, 2.75) is 19.8 Å². The standard InChI is InChI=1S/C18H19FN2O3/c1-12(2)13-7-9-14(10-8-13)24-11-17(22)20-21-18(23)15-5-3-4-6-16(15)19/h3-10,12H,11H2,1-2H3,(H,20,22)(H,21,23). The Labute approximate surface area is 139 Å². The molecule has 0 fully saturated rings. The molecule has 0 unspecified atom stereocenters. The van der Waals surface area contributed by atoms with Gasteiger partial charge in [0.25, 0.3) is 11.8 Å². The van der Waals surface area contributed by atoms with E-state index < -0.39 is 17.6 Å². The highest BCUT2D eigenvalue weighted by molar-refractivity contribution is 5.95. The zero-order valence-electron chi connectivity index (χ0n) is 13.5. The van der Waals surface area contributed by atoms with Gasteiger partial charge >= 0.3 is 0 Å². The van der Waals surface area contributed by atoms with E-state index in [4.69, 9.17) is 4.74 Å². The number of nitrogens with one attached hydrogen (secondary N) is 2. The van der Waals surface area contributed by atoms with Crippen LogP contribution in [0.5, 0.6) is 5.75 Å². The quantitative estimate of drug-likeness (QED) is 0.829. The minimum Gasteiger partial charge on any atom is -0.484 e. The molecule has 0 aliphatic carbocycles. The number of hydrazine groups is 1. The van der Waals surface area contributed by atoms with Gasteiger partial charge in [-0.1, -0.05) is 38.1 Å². The first-order valence-electron chi connectivity index (χ1n) is 7.54. The lowest BCUT2D eigenvalue weighted by atomic mass is 10.0. The maximum atomic E-state index is 13.4. The fourth-order valence-corrected chi connectivity index (χ4v) is 1.97. The third-order valence-corrected chi connectivity index (χ3v) is 3.35. The highest BCUT2D eigenvalue weighted by Gasteiger charge is 2.11. The Morgan fingerprint density at radius 1 is 1.04 bits per heavy atom. The molecule has 2 rings (SSSR count). The van der Waals surface area contributed by atoms with Gasteiger partial charge in [-0.25, -0.2) is 4.39 Å². The van der Waals surface area contributed by atoms with Crippen molar-refractivity contribution in [3.05, 3.63) is 65.5 Å². The van der Waals surface area contributed by atoms with E-state index in [-0.39, 0.29) is 12.2 Å². The summed E-state index contributed by atoms with van der Waals surface area (Å²) < 4.78 is 18.8. The van der Waals surface area contributed by atoms with E-state index in [1.54, 1.807) is 12.1 Å². The molecule has 5 nitrogen and oxygen atoms in total. The van der Waals surface area contributed by atoms with Crippen LogP contribution >= 0.6 is 0 Å². The number of benzene rings is 2. The Balaban J connectivity index is 1.79. The van der Waals surface area contributed by atoms with Gasteiger partial charge < -0.3 is 4.74 Å². The SMILES string of the molecule is CC(C)c1ccc(OCC(=O)NNC(=O)c2ccccc2F)cc1. The molecule has 0 heterocycles. The first-order chi connectivity index (χ1) is 11.5. The van der Waals surface area contributed by atoms with Crippen molar-refractivity contribution < 1.29 is 18.7 Å². The van der Waals surface area contributed by atoms with Gasteiger partial charge in [0.15, 0.2) is 6.61 Å². The van der Waals surface area contributed by atoms with Gasteiger partial charge in [-0.2, -0.15) is 0 Å². The van der Waals surface area contributed by atoms with E-state index in [0.717, 1.165) is 0 Å². The number of ether oxygens (including phenoxy) is 1. The van der Waals surface area contributed by atoms with Crippen molar-refractivity contribution in [2.75, 3.05) is 6.61 Å². The molecule has 6 heteroatoms. The lowest BCUT2D eigenvalue weighted by Crippen LogP contribution is -2.44. The van der Waals surface area contributed by atoms with E-state index in [2.05, 4.69) is 24.7 Å². The Kier molecular flexibility index (Phi) is 5.89. The molecule has 0 aliphatic heterocycles. The van der Waals surface area contributed by atoms with E-state index in [1.807, 2.05) is 12.1 Å². The molecule has 0 saturated heterocycles. The predicted molar refractivity (Wildman–Crippen MR) is 88.0 cm³/mol. The van der Waals surface area contributed by atoms with Gasteiger partial charge in [0, 0.05) is 0 Å². The molecule has 0 saturated carbocycles. The summed E-state index contributed by atoms with van der Waals surface area (Å²) in [5.41, 5.74) is 5.34. The van der Waals surface area contributed by atoms with Gasteiger partial charge in [0.1, 0.15) is 11.6 Å². The molecule has 0 aliphatic rings. The number of hydrogen-bond acceptors (Lipinski definition) is 3. The Morgan fingerprint density at radius 3 is 2.33 bits per heavy atom. The zero-order valence-corrected chi connectivity index (χ0v) is 13.5. The minimum absolute atomic E-state index is 0.150. The normalized spacial score (nSPS) is 10.3. The van der Waals surface area contributed by atoms with Crippen LogP contribution in [0.15, 0.2) is 48.5 Å². The molecule has 0 bridgehead atoms. The smallest absolute Gasteiger partial charge is 0.276 e. The Morgan fingerprint density at radius 2 is 1.71 bits per heavy atom. The van der Waals surface area contributed by atoms with Crippen molar-refractivity contribution in [1.82, 2.24) is 10.9 Å². The monoisotopic (exact) mass is 330 g/mol. The number of carbonyl (C=O) groups excluding carboxylic acids is 2. The lowest BCUT2D eigenvalue weighted by Gasteiger charge is -2.10. The molecule has 0 aromatic heterocycles. The average Bonchev–Trinajstić information content (AvgIpc) is 2.58. The summed E-state index contributed by atoms with van der Waals surface area (Å²) in [7, 11) is 0. The molecule has 2 N–H and O–H groups in total. The van der Waals surface area contributed by atoms with Crippen LogP contribution in [0.1, 0.15) is 35.7 Å². The van der Waals surface area contributed by atoms with E-state index in [9.17, 15) is 14.0 Å². The largest absolute Gasteiger partial charge is 0.484 e. The fraction of sp³-hybridized carbons (Fsp3) is 0.222. The molecule has 0 spiro atoms. The van der Waals surface area contributed by atoms with Crippen molar-refractivity contribution >= 4 is 11.8 Å². The van der Waals surface area contributed by atoms with E-state index in [0.29, 0.717) is 11.7 Å². The van der Waals surface area contributed by atoms with Crippen LogP contribution < -0.4 is 15.6 Å². The predicted octanol–water partition coefficient (Wildman–Crippen LogP) is 2.79. The van der Waals surface area contributed by atoms with Crippen LogP contribution in [0.2, 0.25) is 0 Å². The third kappa shape index (κ3) is 4.81. The summed E-state index contributed by atoms with van der Waals surface area (Å²) in [4.78, 5) is 23.4. The number of hydrogen-bond donors (Lipinski definition) is 2. The molecule has 126 valence electrons. The van der Waals surface area contributed by atoms with Crippen molar-refractivity contribution in [2.24, 2.45) is 0 Å². The second-order valence-corrected chi connectivity index (χ2v) is 5.49. The molecule has 0 atom stereocenters. The summed E-state index contributed by atoms with van der Waals surface area (Å²) in [6.07, 6.45) is 0. The number of halogens is 1. The van der Waals surface area contributed by atoms with E-state index >= 15 is 0 Å². The number of carbonyl (C=O) groups is 2. The number of amides is 2. The average molecular weight is 330 g/mol. The van der Waals surface area contributed by atoms with Crippen molar-refractivity contribution in [3.63, 3.8) is 0 Å². The van der Waals surface area contributed by atoms with Gasteiger partial charge in [0.2, 0.25) is 0 Å². The highest BCUT2D eigenvalue weighted by Crippen LogP contribution is 2.18. The van der Waals surface area contributed by atoms with Gasteiger partial charge in [-0.05, 0) is 35.7 Å². The lowest BCUT2D eigenvalue weighted by molar-refractivity contribution is -0.123. The highest BCUT2D eigenvalue weighted by atomic mass is 19.1. The molecule has 2 aromatic rings. The molecular weight excluding hydrogens is 311 g/mol. The van der Waals surface area contributed by atoms with E-state index in [1.165, 1.54) is 29.8 Å². The second kappa shape index (κ2) is 8.10. The second-order valence-electron chi connectivity index (χ2n) is 5.49. The summed E-state index contributed by atoms with van der Waals surface area (Å²) in [6, 6.07) is 12.9. The topological polar surface area (TPSA) is 67.4 Å². The Bertz CT molecular complexity index is 714. The molecule has 24 heavy (non-hydrogen) atoms. The summed E-state index contributed by atoms with van der Waals surface area (Å²) in [5.74, 6) is -0.980. The van der Waals surface area contributed by atoms with Crippen LogP contribution in [-0.2, 0) is 4.79 Å². The molecule has 2 amide bonds. The maximum absolute atomic E-state index is 13.4. The number of rotatable bonds is 5. The van der Waals surface area contributed by atoms with Crippen LogP contribution in [0.25, 0.3) is 0 Å². The molecular formula is C18H19FN2O3. The van der Waals surface area contributed by atoms with Crippen LogP contribution in [0, 0.1) is 5.82 Å². The van der Waals surface area contributed by atoms with Gasteiger partial charge in [0.05, 0.1) is 5.56 Å². The van der Waals surface area contributed by atoms with Crippen LogP contribution in [-0.4, -0.2) is 18.4 Å². The first-order valence-corrected chi connectivity index (χ1v) is 7.54. The Hall–Kier alpha value is -2.89. The minimum atomic E-state index is -0.734. The summed E-state index contributed by atoms with van der Waals surface area (Å²) in [5, 5.41) is 0. The fourth-order valence-electron chi connectivity index (χ4n) is 1.97. The summed E-state index contributed by atoms with van der Waals surface area (Å²) in [6.45, 7) is 3.90. The third-order valence-electron chi connectivity index (χ3n) is 3.35. The van der Waals surface area contributed by atoms with Crippen LogP contribution in [0.3, 0.4) is 0 Å². The van der Waals surface area contributed by atoms with Crippen molar-refractivity contribution in [3.8, 4) is 5.75 Å². The zero-order chi connectivity index (χ0) is 17.5. The first kappa shape index (κ1) is 17.5. The molecule has 0 radical (unpaired) electrons. The van der Waals surface area contributed by atoms with Gasteiger partial charge in [-0.3, -0.25) is 20.4 Å². The molecule has 2 aromatic carbocycles. The van der Waals surface area contributed by atoms with Crippen molar-refractivity contribution in [1.29, 1.82) is 0 Å².